The molecule has 2 atom stereocenters. The van der Waals surface area contributed by atoms with Crippen LogP contribution >= 0.6 is 0 Å². The molecule has 5 nitrogen and oxygen atoms in total. The Kier molecular flexibility index (Phi) is 3.81. The highest BCUT2D eigenvalue weighted by molar-refractivity contribution is 5.77. The largest absolute Gasteiger partial charge is 0.385 e. The molecule has 0 radical (unpaired) electrons. The van der Waals surface area contributed by atoms with Gasteiger partial charge in [0.05, 0.1) is 23.5 Å². The van der Waals surface area contributed by atoms with Crippen molar-refractivity contribution < 1.29 is 5.11 Å². The zero-order valence-corrected chi connectivity index (χ0v) is 14.3. The zero-order chi connectivity index (χ0) is 17.6. The molecule has 2 aromatic carbocycles. The summed E-state index contributed by atoms with van der Waals surface area (Å²) in [7, 11) is 0. The fraction of sp³-hybridized carbons (Fsp3) is 0.300. The lowest BCUT2D eigenvalue weighted by Crippen LogP contribution is -2.35. The Hall–Kier alpha value is -2.66. The summed E-state index contributed by atoms with van der Waals surface area (Å²) in [6, 6.07) is 17.5. The Bertz CT molecular complexity index is 966. The van der Waals surface area contributed by atoms with Crippen LogP contribution in [0.3, 0.4) is 0 Å². The van der Waals surface area contributed by atoms with Gasteiger partial charge in [-0.25, -0.2) is 9.66 Å². The van der Waals surface area contributed by atoms with E-state index in [1.54, 1.807) is 10.7 Å². The quantitative estimate of drug-likeness (QED) is 0.745. The van der Waals surface area contributed by atoms with Gasteiger partial charge in [0.1, 0.15) is 6.10 Å². The Morgan fingerprint density at radius 1 is 1.08 bits per heavy atom. The summed E-state index contributed by atoms with van der Waals surface area (Å²) in [5.74, 6) is 0.381. The molecular formula is C20H21N3O2. The molecular weight excluding hydrogens is 314 g/mol. The van der Waals surface area contributed by atoms with Crippen LogP contribution in [0.25, 0.3) is 10.9 Å². The van der Waals surface area contributed by atoms with E-state index in [2.05, 4.69) is 17.1 Å². The summed E-state index contributed by atoms with van der Waals surface area (Å²) >= 11 is 0. The monoisotopic (exact) mass is 335 g/mol. The van der Waals surface area contributed by atoms with Crippen LogP contribution in [0.1, 0.15) is 37.4 Å². The van der Waals surface area contributed by atoms with E-state index >= 15 is 0 Å². The number of aliphatic hydroxyl groups is 1. The minimum atomic E-state index is -0.797. The molecule has 1 fully saturated rings. The number of fused-ring (bicyclic) bond motifs is 1. The second-order valence-corrected chi connectivity index (χ2v) is 6.84. The van der Waals surface area contributed by atoms with Crippen LogP contribution in [0.5, 0.6) is 0 Å². The molecule has 1 N–H and O–H groups in total. The summed E-state index contributed by atoms with van der Waals surface area (Å²) in [5, 5.41) is 13.2. The van der Waals surface area contributed by atoms with Gasteiger partial charge in [0.2, 0.25) is 0 Å². The molecule has 25 heavy (non-hydrogen) atoms. The van der Waals surface area contributed by atoms with Crippen molar-refractivity contribution in [2.24, 2.45) is 5.92 Å². The third-order valence-corrected chi connectivity index (χ3v) is 4.70. The Labute approximate surface area is 146 Å². The maximum absolute atomic E-state index is 13.1. The van der Waals surface area contributed by atoms with Crippen molar-refractivity contribution in [3.8, 4) is 0 Å². The van der Waals surface area contributed by atoms with Gasteiger partial charge in [-0.1, -0.05) is 56.3 Å². The fourth-order valence-electron chi connectivity index (χ4n) is 3.18. The van der Waals surface area contributed by atoms with Crippen molar-refractivity contribution in [2.45, 2.75) is 26.0 Å². The van der Waals surface area contributed by atoms with E-state index in [4.69, 9.17) is 0 Å². The zero-order valence-electron chi connectivity index (χ0n) is 14.3. The Morgan fingerprint density at radius 2 is 1.76 bits per heavy atom. The summed E-state index contributed by atoms with van der Waals surface area (Å²) < 4.78 is 1.57. The van der Waals surface area contributed by atoms with Crippen LogP contribution in [-0.4, -0.2) is 21.3 Å². The normalized spacial score (nSPS) is 17.9. The van der Waals surface area contributed by atoms with E-state index in [0.717, 1.165) is 12.1 Å². The van der Waals surface area contributed by atoms with E-state index in [1.807, 2.05) is 55.3 Å². The van der Waals surface area contributed by atoms with Gasteiger partial charge < -0.3 is 5.11 Å². The second-order valence-electron chi connectivity index (χ2n) is 6.84. The van der Waals surface area contributed by atoms with Crippen molar-refractivity contribution >= 4 is 10.9 Å². The molecule has 128 valence electrons. The van der Waals surface area contributed by atoms with Crippen LogP contribution in [-0.2, 0) is 0 Å². The van der Waals surface area contributed by atoms with Crippen LogP contribution in [0.15, 0.2) is 59.4 Å². The van der Waals surface area contributed by atoms with Gasteiger partial charge in [0.15, 0.2) is 5.82 Å². The summed E-state index contributed by atoms with van der Waals surface area (Å²) in [4.78, 5) is 17.7. The average Bonchev–Trinajstić information content (AvgIpc) is 3.42. The minimum absolute atomic E-state index is 0.0329. The maximum Gasteiger partial charge on any atom is 0.280 e. The highest BCUT2D eigenvalue weighted by Gasteiger charge is 2.39. The predicted octanol–water partition coefficient (Wildman–Crippen LogP) is 2.78. The number of benzene rings is 2. The first-order valence-electron chi connectivity index (χ1n) is 8.59. The molecule has 3 aromatic rings. The third kappa shape index (κ3) is 2.70. The average molecular weight is 335 g/mol. The predicted molar refractivity (Wildman–Crippen MR) is 98.1 cm³/mol. The smallest absolute Gasteiger partial charge is 0.280 e. The van der Waals surface area contributed by atoms with E-state index < -0.39 is 6.10 Å². The van der Waals surface area contributed by atoms with Gasteiger partial charge in [-0.05, 0) is 23.6 Å². The fourth-order valence-corrected chi connectivity index (χ4v) is 3.18. The molecule has 0 unspecified atom stereocenters. The summed E-state index contributed by atoms with van der Waals surface area (Å²) in [5.41, 5.74) is 1.66. The SMILES string of the molecule is CC(C)[C@H](O)c1nc2ccccc2c(=O)n1N1C[C@@H]1c1ccccc1. The van der Waals surface area contributed by atoms with E-state index in [0.29, 0.717) is 16.7 Å². The van der Waals surface area contributed by atoms with Gasteiger partial charge in [0, 0.05) is 0 Å². The van der Waals surface area contributed by atoms with Gasteiger partial charge in [-0.2, -0.15) is 0 Å². The number of nitrogens with zero attached hydrogens (tertiary/aromatic N) is 3. The number of hydrogen-bond donors (Lipinski definition) is 1. The molecule has 1 saturated heterocycles. The van der Waals surface area contributed by atoms with E-state index in [9.17, 15) is 9.90 Å². The molecule has 1 aromatic heterocycles. The third-order valence-electron chi connectivity index (χ3n) is 4.70. The molecule has 4 rings (SSSR count). The number of para-hydroxylation sites is 1. The van der Waals surface area contributed by atoms with Crippen molar-refractivity contribution in [3.63, 3.8) is 0 Å². The molecule has 2 heterocycles. The molecule has 0 bridgehead atoms. The van der Waals surface area contributed by atoms with Crippen LogP contribution in [0.4, 0.5) is 0 Å². The van der Waals surface area contributed by atoms with Gasteiger partial charge in [-0.15, -0.1) is 0 Å². The first-order chi connectivity index (χ1) is 12.1. The summed E-state index contributed by atoms with van der Waals surface area (Å²) in [6.07, 6.45) is -0.797. The molecule has 0 aliphatic carbocycles. The topological polar surface area (TPSA) is 58.1 Å². The van der Waals surface area contributed by atoms with Crippen LogP contribution in [0, 0.1) is 5.92 Å². The highest BCUT2D eigenvalue weighted by Crippen LogP contribution is 2.34. The van der Waals surface area contributed by atoms with Crippen molar-refractivity contribution in [1.82, 2.24) is 9.66 Å². The Balaban J connectivity index is 1.86. The molecule has 5 heteroatoms. The lowest BCUT2D eigenvalue weighted by atomic mass is 10.1. The van der Waals surface area contributed by atoms with Crippen molar-refractivity contribution in [2.75, 3.05) is 11.6 Å². The van der Waals surface area contributed by atoms with E-state index in [-0.39, 0.29) is 17.5 Å². The van der Waals surface area contributed by atoms with Crippen LogP contribution in [0.2, 0.25) is 0 Å². The van der Waals surface area contributed by atoms with Gasteiger partial charge in [0.25, 0.3) is 5.56 Å². The second kappa shape index (κ2) is 6.01. The van der Waals surface area contributed by atoms with Crippen molar-refractivity contribution in [3.05, 3.63) is 76.3 Å². The number of hydrogen-bond acceptors (Lipinski definition) is 4. The number of rotatable bonds is 4. The highest BCUT2D eigenvalue weighted by atomic mass is 16.3. The lowest BCUT2D eigenvalue weighted by Gasteiger charge is -2.21. The Morgan fingerprint density at radius 3 is 2.48 bits per heavy atom. The standard InChI is InChI=1S/C20H21N3O2/c1-13(2)18(24)19-21-16-11-7-6-10-15(16)20(25)23(19)22-12-17(22)14-8-4-3-5-9-14/h3-11,13,17-18,24H,12H2,1-2H3/t17-,18+,22?/m1/s1. The first kappa shape index (κ1) is 15.8. The van der Waals surface area contributed by atoms with Crippen LogP contribution < -0.4 is 10.6 Å². The molecule has 1 aliphatic heterocycles. The first-order valence-corrected chi connectivity index (χ1v) is 8.59. The van der Waals surface area contributed by atoms with Crippen molar-refractivity contribution in [1.29, 1.82) is 0 Å². The number of aliphatic hydroxyl groups excluding tert-OH is 1. The molecule has 0 saturated carbocycles. The van der Waals surface area contributed by atoms with Gasteiger partial charge >= 0.3 is 0 Å². The molecule has 1 aliphatic rings. The summed E-state index contributed by atoms with van der Waals surface area (Å²) in [6.45, 7) is 4.59. The van der Waals surface area contributed by atoms with E-state index in [1.165, 1.54) is 0 Å². The molecule has 0 amide bonds. The van der Waals surface area contributed by atoms with Gasteiger partial charge in [-0.3, -0.25) is 9.80 Å². The minimum Gasteiger partial charge on any atom is -0.385 e. The maximum atomic E-state index is 13.1. The number of aromatic nitrogens is 2. The molecule has 0 spiro atoms. The lowest BCUT2D eigenvalue weighted by molar-refractivity contribution is 0.113.